The van der Waals surface area contributed by atoms with E-state index in [2.05, 4.69) is 26.0 Å². The van der Waals surface area contributed by atoms with E-state index < -0.39 is 0 Å². The van der Waals surface area contributed by atoms with E-state index >= 15 is 0 Å². The van der Waals surface area contributed by atoms with E-state index in [0.717, 1.165) is 10.3 Å². The standard InChI is InChI=1S/C8H6BrN3/c9-8-3-5-12(11-8)7-2-1-4-10-6-7/h1-6H. The van der Waals surface area contributed by atoms with Gasteiger partial charge in [-0.1, -0.05) is 0 Å². The molecule has 0 N–H and O–H groups in total. The molecule has 2 aromatic heterocycles. The Hall–Kier alpha value is -1.16. The summed E-state index contributed by atoms with van der Waals surface area (Å²) in [6, 6.07) is 5.71. The summed E-state index contributed by atoms with van der Waals surface area (Å²) in [6.45, 7) is 0. The third kappa shape index (κ3) is 1.38. The van der Waals surface area contributed by atoms with Crippen LogP contribution in [-0.4, -0.2) is 14.8 Å². The maximum absolute atomic E-state index is 4.17. The fraction of sp³-hybridized carbons (Fsp3) is 0. The molecule has 0 saturated carbocycles. The van der Waals surface area contributed by atoms with Gasteiger partial charge in [-0.15, -0.1) is 0 Å². The predicted octanol–water partition coefficient (Wildman–Crippen LogP) is 2.03. The summed E-state index contributed by atoms with van der Waals surface area (Å²) < 4.78 is 2.59. The second-order valence-electron chi connectivity index (χ2n) is 2.29. The summed E-state index contributed by atoms with van der Waals surface area (Å²) in [6.07, 6.45) is 5.38. The van der Waals surface area contributed by atoms with Gasteiger partial charge in [0.15, 0.2) is 0 Å². The molecule has 0 spiro atoms. The molecule has 2 aromatic rings. The average molecular weight is 224 g/mol. The lowest BCUT2D eigenvalue weighted by Crippen LogP contribution is -1.93. The number of aromatic nitrogens is 3. The number of pyridine rings is 1. The van der Waals surface area contributed by atoms with Crippen molar-refractivity contribution in [2.75, 3.05) is 0 Å². The molecule has 0 aromatic carbocycles. The first kappa shape index (κ1) is 7.49. The van der Waals surface area contributed by atoms with Gasteiger partial charge in [-0.05, 0) is 34.1 Å². The largest absolute Gasteiger partial charge is 0.262 e. The van der Waals surface area contributed by atoms with Crippen LogP contribution in [0.2, 0.25) is 0 Å². The monoisotopic (exact) mass is 223 g/mol. The molecule has 0 saturated heterocycles. The molecule has 0 fully saturated rings. The van der Waals surface area contributed by atoms with E-state index in [1.54, 1.807) is 17.1 Å². The van der Waals surface area contributed by atoms with E-state index in [1.165, 1.54) is 0 Å². The molecular weight excluding hydrogens is 218 g/mol. The third-order valence-electron chi connectivity index (χ3n) is 1.47. The van der Waals surface area contributed by atoms with Crippen LogP contribution < -0.4 is 0 Å². The zero-order valence-electron chi connectivity index (χ0n) is 6.18. The normalized spacial score (nSPS) is 10.1. The van der Waals surface area contributed by atoms with Crippen LogP contribution in [0.25, 0.3) is 5.69 Å². The fourth-order valence-corrected chi connectivity index (χ4v) is 1.22. The summed E-state index contributed by atoms with van der Waals surface area (Å²) in [5, 5.41) is 4.17. The number of rotatable bonds is 1. The average Bonchev–Trinajstić information content (AvgIpc) is 2.54. The van der Waals surface area contributed by atoms with Gasteiger partial charge in [0.1, 0.15) is 4.60 Å². The van der Waals surface area contributed by atoms with E-state index in [0.29, 0.717) is 0 Å². The van der Waals surface area contributed by atoms with Gasteiger partial charge >= 0.3 is 0 Å². The summed E-state index contributed by atoms with van der Waals surface area (Å²) in [7, 11) is 0. The summed E-state index contributed by atoms with van der Waals surface area (Å²) in [5.74, 6) is 0. The van der Waals surface area contributed by atoms with Gasteiger partial charge in [0.2, 0.25) is 0 Å². The second-order valence-corrected chi connectivity index (χ2v) is 3.11. The Morgan fingerprint density at radius 3 is 2.83 bits per heavy atom. The van der Waals surface area contributed by atoms with Gasteiger partial charge in [0, 0.05) is 12.4 Å². The fourth-order valence-electron chi connectivity index (χ4n) is 0.935. The van der Waals surface area contributed by atoms with E-state index in [9.17, 15) is 0 Å². The van der Waals surface area contributed by atoms with E-state index in [-0.39, 0.29) is 0 Å². The molecule has 0 amide bonds. The molecule has 2 rings (SSSR count). The molecule has 60 valence electrons. The van der Waals surface area contributed by atoms with Gasteiger partial charge in [-0.3, -0.25) is 4.98 Å². The first-order valence-corrected chi connectivity index (χ1v) is 4.27. The second kappa shape index (κ2) is 3.06. The molecule has 0 aliphatic heterocycles. The minimum Gasteiger partial charge on any atom is -0.262 e. The van der Waals surface area contributed by atoms with Gasteiger partial charge in [0.05, 0.1) is 11.9 Å². The SMILES string of the molecule is Brc1ccn(-c2cccnc2)n1. The van der Waals surface area contributed by atoms with Crippen molar-refractivity contribution >= 4 is 15.9 Å². The van der Waals surface area contributed by atoms with Crippen molar-refractivity contribution in [1.82, 2.24) is 14.8 Å². The summed E-state index contributed by atoms with van der Waals surface area (Å²) in [5.41, 5.74) is 0.961. The van der Waals surface area contributed by atoms with Crippen LogP contribution in [-0.2, 0) is 0 Å². The van der Waals surface area contributed by atoms with Crippen molar-refractivity contribution in [3.63, 3.8) is 0 Å². The maximum Gasteiger partial charge on any atom is 0.128 e. The van der Waals surface area contributed by atoms with Crippen molar-refractivity contribution in [3.05, 3.63) is 41.4 Å². The molecule has 0 aliphatic rings. The van der Waals surface area contributed by atoms with Crippen LogP contribution in [0, 0.1) is 0 Å². The minimum absolute atomic E-state index is 0.825. The molecule has 2 heterocycles. The van der Waals surface area contributed by atoms with Crippen molar-refractivity contribution in [2.24, 2.45) is 0 Å². The Morgan fingerprint density at radius 1 is 1.33 bits per heavy atom. The highest BCUT2D eigenvalue weighted by molar-refractivity contribution is 9.10. The van der Waals surface area contributed by atoms with Crippen LogP contribution >= 0.6 is 15.9 Å². The van der Waals surface area contributed by atoms with E-state index in [4.69, 9.17) is 0 Å². The van der Waals surface area contributed by atoms with Gasteiger partial charge in [-0.25, -0.2) is 4.68 Å². The van der Waals surface area contributed by atoms with E-state index in [1.807, 2.05) is 24.4 Å². The first-order valence-electron chi connectivity index (χ1n) is 3.48. The quantitative estimate of drug-likeness (QED) is 0.741. The number of hydrogen-bond acceptors (Lipinski definition) is 2. The number of nitrogens with zero attached hydrogens (tertiary/aromatic N) is 3. The van der Waals surface area contributed by atoms with Crippen molar-refractivity contribution in [2.45, 2.75) is 0 Å². The zero-order chi connectivity index (χ0) is 8.39. The smallest absolute Gasteiger partial charge is 0.128 e. The Bertz CT molecular complexity index is 369. The highest BCUT2D eigenvalue weighted by atomic mass is 79.9. The van der Waals surface area contributed by atoms with Crippen molar-refractivity contribution in [3.8, 4) is 5.69 Å². The molecular formula is C8H6BrN3. The number of hydrogen-bond donors (Lipinski definition) is 0. The highest BCUT2D eigenvalue weighted by Crippen LogP contribution is 2.08. The Kier molecular flexibility index (Phi) is 1.91. The Morgan fingerprint density at radius 2 is 2.25 bits per heavy atom. The lowest BCUT2D eigenvalue weighted by Gasteiger charge is -1.97. The van der Waals surface area contributed by atoms with Crippen LogP contribution in [0.15, 0.2) is 41.4 Å². The topological polar surface area (TPSA) is 30.7 Å². The first-order chi connectivity index (χ1) is 5.86. The lowest BCUT2D eigenvalue weighted by atomic mass is 10.4. The van der Waals surface area contributed by atoms with Crippen molar-refractivity contribution < 1.29 is 0 Å². The Balaban J connectivity index is 2.45. The summed E-state index contributed by atoms with van der Waals surface area (Å²) in [4.78, 5) is 3.99. The highest BCUT2D eigenvalue weighted by Gasteiger charge is 1.96. The molecule has 0 bridgehead atoms. The molecule has 12 heavy (non-hydrogen) atoms. The molecule has 0 aliphatic carbocycles. The van der Waals surface area contributed by atoms with Gasteiger partial charge in [-0.2, -0.15) is 5.10 Å². The van der Waals surface area contributed by atoms with Crippen LogP contribution in [0.3, 0.4) is 0 Å². The molecule has 0 unspecified atom stereocenters. The molecule has 3 nitrogen and oxygen atoms in total. The molecule has 0 radical (unpaired) electrons. The Labute approximate surface area is 78.2 Å². The zero-order valence-corrected chi connectivity index (χ0v) is 7.77. The van der Waals surface area contributed by atoms with Crippen LogP contribution in [0.4, 0.5) is 0 Å². The third-order valence-corrected chi connectivity index (χ3v) is 1.89. The van der Waals surface area contributed by atoms with Crippen molar-refractivity contribution in [1.29, 1.82) is 0 Å². The minimum atomic E-state index is 0.825. The van der Waals surface area contributed by atoms with Crippen LogP contribution in [0.1, 0.15) is 0 Å². The predicted molar refractivity (Wildman–Crippen MR) is 49.1 cm³/mol. The number of halogens is 1. The van der Waals surface area contributed by atoms with Gasteiger partial charge < -0.3 is 0 Å². The van der Waals surface area contributed by atoms with Gasteiger partial charge in [0.25, 0.3) is 0 Å². The summed E-state index contributed by atoms with van der Waals surface area (Å²) >= 11 is 3.28. The molecule has 4 heteroatoms. The lowest BCUT2D eigenvalue weighted by molar-refractivity contribution is 0.864. The molecule has 0 atom stereocenters. The maximum atomic E-state index is 4.17. The van der Waals surface area contributed by atoms with Crippen LogP contribution in [0.5, 0.6) is 0 Å².